The molecular formula is C18H19NO2S. The molecule has 3 rings (SSSR count). The van der Waals surface area contributed by atoms with Crippen LogP contribution >= 0.6 is 11.3 Å². The molecule has 1 unspecified atom stereocenters. The van der Waals surface area contributed by atoms with E-state index in [1.54, 1.807) is 18.3 Å². The number of rotatable bonds is 6. The van der Waals surface area contributed by atoms with E-state index >= 15 is 0 Å². The summed E-state index contributed by atoms with van der Waals surface area (Å²) in [7, 11) is 0. The average molecular weight is 313 g/mol. The molecule has 0 aliphatic carbocycles. The second-order valence-electron chi connectivity index (χ2n) is 5.25. The molecule has 0 aliphatic heterocycles. The molecule has 1 aromatic carbocycles. The molecule has 3 aromatic rings. The minimum absolute atomic E-state index is 0.442. The highest BCUT2D eigenvalue weighted by Gasteiger charge is 2.06. The maximum absolute atomic E-state index is 9.53. The van der Waals surface area contributed by atoms with Gasteiger partial charge in [-0.3, -0.25) is 0 Å². The Balaban J connectivity index is 1.60. The summed E-state index contributed by atoms with van der Waals surface area (Å²) in [6.45, 7) is 3.33. The van der Waals surface area contributed by atoms with Gasteiger partial charge in [-0.1, -0.05) is 30.3 Å². The van der Waals surface area contributed by atoms with Crippen LogP contribution in [0.1, 0.15) is 29.2 Å². The lowest BCUT2D eigenvalue weighted by molar-refractivity contribution is 0.199. The van der Waals surface area contributed by atoms with Crippen molar-refractivity contribution in [1.82, 2.24) is 5.32 Å². The van der Waals surface area contributed by atoms with Crippen molar-refractivity contribution in [3.8, 4) is 11.3 Å². The van der Waals surface area contributed by atoms with Gasteiger partial charge in [0.15, 0.2) is 0 Å². The molecule has 0 aliphatic rings. The van der Waals surface area contributed by atoms with Gasteiger partial charge >= 0.3 is 0 Å². The summed E-state index contributed by atoms with van der Waals surface area (Å²) in [6, 6.07) is 16.0. The van der Waals surface area contributed by atoms with Crippen LogP contribution in [-0.4, -0.2) is 5.11 Å². The van der Waals surface area contributed by atoms with Crippen molar-refractivity contribution in [2.45, 2.75) is 26.1 Å². The van der Waals surface area contributed by atoms with E-state index in [-0.39, 0.29) is 0 Å². The lowest BCUT2D eigenvalue weighted by Gasteiger charge is -2.05. The highest BCUT2D eigenvalue weighted by molar-refractivity contribution is 7.09. The quantitative estimate of drug-likeness (QED) is 0.711. The third-order valence-corrected chi connectivity index (χ3v) is 4.39. The molecule has 1 atom stereocenters. The van der Waals surface area contributed by atoms with E-state index < -0.39 is 6.10 Å². The molecule has 0 saturated heterocycles. The van der Waals surface area contributed by atoms with E-state index in [9.17, 15) is 5.11 Å². The van der Waals surface area contributed by atoms with Crippen molar-refractivity contribution in [2.24, 2.45) is 0 Å². The Morgan fingerprint density at radius 1 is 1.09 bits per heavy atom. The molecule has 0 radical (unpaired) electrons. The van der Waals surface area contributed by atoms with E-state index in [2.05, 4.69) is 22.8 Å². The second kappa shape index (κ2) is 6.92. The third kappa shape index (κ3) is 3.65. The van der Waals surface area contributed by atoms with Gasteiger partial charge in [-0.05, 0) is 36.1 Å². The number of furan rings is 1. The molecule has 0 fully saturated rings. The summed E-state index contributed by atoms with van der Waals surface area (Å²) in [5.41, 5.74) is 1.93. The molecule has 0 saturated carbocycles. The van der Waals surface area contributed by atoms with Crippen LogP contribution in [0.15, 0.2) is 58.3 Å². The Labute approximate surface area is 134 Å². The van der Waals surface area contributed by atoms with Gasteiger partial charge in [0.05, 0.1) is 12.6 Å². The summed E-state index contributed by atoms with van der Waals surface area (Å²) in [5, 5.41) is 15.0. The highest BCUT2D eigenvalue weighted by atomic mass is 32.1. The van der Waals surface area contributed by atoms with Gasteiger partial charge in [0, 0.05) is 17.0 Å². The number of hydrogen-bond donors (Lipinski definition) is 2. The van der Waals surface area contributed by atoms with Crippen LogP contribution in [-0.2, 0) is 13.1 Å². The van der Waals surface area contributed by atoms with Gasteiger partial charge in [0.1, 0.15) is 11.5 Å². The van der Waals surface area contributed by atoms with Gasteiger partial charge in [0.2, 0.25) is 0 Å². The molecule has 2 aromatic heterocycles. The van der Waals surface area contributed by atoms with Crippen LogP contribution in [0.4, 0.5) is 0 Å². The zero-order valence-electron chi connectivity index (χ0n) is 12.5. The van der Waals surface area contributed by atoms with Crippen LogP contribution in [0.2, 0.25) is 0 Å². The van der Waals surface area contributed by atoms with Crippen LogP contribution in [0.3, 0.4) is 0 Å². The van der Waals surface area contributed by atoms with Crippen molar-refractivity contribution in [1.29, 1.82) is 0 Å². The molecule has 0 bridgehead atoms. The number of hydrogen-bond acceptors (Lipinski definition) is 4. The first kappa shape index (κ1) is 15.0. The number of aliphatic hydroxyl groups is 1. The second-order valence-corrected chi connectivity index (χ2v) is 6.28. The van der Waals surface area contributed by atoms with Crippen LogP contribution in [0, 0.1) is 0 Å². The van der Waals surface area contributed by atoms with Crippen molar-refractivity contribution in [3.05, 3.63) is 70.1 Å². The van der Waals surface area contributed by atoms with Crippen molar-refractivity contribution in [3.63, 3.8) is 0 Å². The normalized spacial score (nSPS) is 12.5. The first-order chi connectivity index (χ1) is 10.7. The first-order valence-electron chi connectivity index (χ1n) is 7.32. The third-order valence-electron chi connectivity index (χ3n) is 3.52. The Bertz CT molecular complexity index is 699. The summed E-state index contributed by atoms with van der Waals surface area (Å²) >= 11 is 1.75. The summed E-state index contributed by atoms with van der Waals surface area (Å²) in [4.78, 5) is 1.32. The fraction of sp³-hybridized carbons (Fsp3) is 0.222. The number of nitrogens with one attached hydrogen (secondary N) is 1. The predicted octanol–water partition coefficient (Wildman–Crippen LogP) is 4.35. The van der Waals surface area contributed by atoms with Crippen molar-refractivity contribution in [2.75, 3.05) is 0 Å². The lowest BCUT2D eigenvalue weighted by Crippen LogP contribution is -2.10. The molecule has 4 heteroatoms. The Hall–Kier alpha value is -1.88. The van der Waals surface area contributed by atoms with Gasteiger partial charge in [0.25, 0.3) is 0 Å². The van der Waals surface area contributed by atoms with Gasteiger partial charge < -0.3 is 14.8 Å². The zero-order valence-corrected chi connectivity index (χ0v) is 13.3. The van der Waals surface area contributed by atoms with E-state index in [1.807, 2.05) is 36.4 Å². The predicted molar refractivity (Wildman–Crippen MR) is 89.6 cm³/mol. The largest absolute Gasteiger partial charge is 0.460 e. The molecule has 114 valence electrons. The van der Waals surface area contributed by atoms with Gasteiger partial charge in [-0.15, -0.1) is 11.3 Å². The van der Waals surface area contributed by atoms with E-state index in [0.29, 0.717) is 6.54 Å². The number of thiophene rings is 1. The number of aliphatic hydroxyl groups excluding tert-OH is 1. The van der Waals surface area contributed by atoms with Crippen LogP contribution in [0.25, 0.3) is 11.3 Å². The summed E-state index contributed by atoms with van der Waals surface area (Å²) < 4.78 is 5.87. The van der Waals surface area contributed by atoms with Gasteiger partial charge in [-0.2, -0.15) is 0 Å². The topological polar surface area (TPSA) is 45.4 Å². The molecule has 0 spiro atoms. The average Bonchev–Trinajstić information content (AvgIpc) is 3.19. The molecule has 22 heavy (non-hydrogen) atoms. The smallest absolute Gasteiger partial charge is 0.134 e. The van der Waals surface area contributed by atoms with E-state index in [4.69, 9.17) is 4.42 Å². The molecule has 0 amide bonds. The fourth-order valence-electron chi connectivity index (χ4n) is 2.28. The van der Waals surface area contributed by atoms with E-state index in [0.717, 1.165) is 29.2 Å². The van der Waals surface area contributed by atoms with Crippen molar-refractivity contribution < 1.29 is 9.52 Å². The van der Waals surface area contributed by atoms with Gasteiger partial charge in [-0.25, -0.2) is 0 Å². The van der Waals surface area contributed by atoms with Crippen LogP contribution < -0.4 is 5.32 Å². The van der Waals surface area contributed by atoms with Crippen molar-refractivity contribution >= 4 is 11.3 Å². The minimum Gasteiger partial charge on any atom is -0.460 e. The number of benzene rings is 1. The Kier molecular flexibility index (Phi) is 4.73. The monoisotopic (exact) mass is 313 g/mol. The molecular weight excluding hydrogens is 294 g/mol. The maximum atomic E-state index is 9.53. The minimum atomic E-state index is -0.442. The standard InChI is InChI=1S/C18H19NO2S/c1-13(20)14-4-6-15(7-5-14)18-9-8-16(21-18)11-19-12-17-3-2-10-22-17/h2-10,13,19-20H,11-12H2,1H3. The molecule has 2 N–H and O–H groups in total. The van der Waals surface area contributed by atoms with E-state index in [1.165, 1.54) is 4.88 Å². The lowest BCUT2D eigenvalue weighted by atomic mass is 10.1. The zero-order chi connectivity index (χ0) is 15.4. The SMILES string of the molecule is CC(O)c1ccc(-c2ccc(CNCc3cccs3)o2)cc1. The molecule has 2 heterocycles. The maximum Gasteiger partial charge on any atom is 0.134 e. The summed E-state index contributed by atoms with van der Waals surface area (Å²) in [6.07, 6.45) is -0.442. The highest BCUT2D eigenvalue weighted by Crippen LogP contribution is 2.24. The first-order valence-corrected chi connectivity index (χ1v) is 8.20. The Morgan fingerprint density at radius 3 is 2.59 bits per heavy atom. The fourth-order valence-corrected chi connectivity index (χ4v) is 2.95. The molecule has 3 nitrogen and oxygen atoms in total. The Morgan fingerprint density at radius 2 is 1.91 bits per heavy atom. The summed E-state index contributed by atoms with van der Waals surface area (Å²) in [5.74, 6) is 1.77. The van der Waals surface area contributed by atoms with Crippen LogP contribution in [0.5, 0.6) is 0 Å².